The van der Waals surface area contributed by atoms with Crippen LogP contribution in [0.2, 0.25) is 0 Å². The average molecular weight is 585 g/mol. The molecule has 0 spiro atoms. The van der Waals surface area contributed by atoms with Gasteiger partial charge in [0.05, 0.1) is 47.3 Å². The number of nitrogens with zero attached hydrogens (tertiary/aromatic N) is 3. The fraction of sp³-hybridized carbons (Fsp3) is 0.375. The van der Waals surface area contributed by atoms with E-state index in [1.165, 1.54) is 10.7 Å². The molecule has 0 unspecified atom stereocenters. The number of rotatable bonds is 8. The molecule has 5 rings (SSSR count). The van der Waals surface area contributed by atoms with Crippen molar-refractivity contribution in [3.63, 3.8) is 0 Å². The van der Waals surface area contributed by atoms with Crippen molar-refractivity contribution in [3.05, 3.63) is 64.6 Å². The number of ketones is 4. The second-order valence-electron chi connectivity index (χ2n) is 11.0. The summed E-state index contributed by atoms with van der Waals surface area (Å²) in [5.74, 6) is -5.23. The smallest absolute Gasteiger partial charge is 0.411 e. The summed E-state index contributed by atoms with van der Waals surface area (Å²) in [6.45, 7) is 5.34. The van der Waals surface area contributed by atoms with Gasteiger partial charge in [-0.25, -0.2) is 14.5 Å². The standard InChI is InChI=1S/C32H32N4O7/c1-4-43-32(42)33-21-16-19(20-10-15-26(41)36(35-20)17(2)3)30(18-8-6-5-7-9-18)34-31(21)29(27-22(37)11-12-23(27)38)28-24(39)13-14-25(28)40/h5-10,15-17,27-29H,4,11-14H2,1-3H3,(H,33,42). The van der Waals surface area contributed by atoms with Crippen molar-refractivity contribution in [3.8, 4) is 22.5 Å². The minimum Gasteiger partial charge on any atom is -0.450 e. The van der Waals surface area contributed by atoms with Gasteiger partial charge in [-0.3, -0.25) is 29.3 Å². The maximum Gasteiger partial charge on any atom is 0.411 e. The van der Waals surface area contributed by atoms with Crippen LogP contribution < -0.4 is 10.9 Å². The zero-order valence-corrected chi connectivity index (χ0v) is 24.2. The lowest BCUT2D eigenvalue weighted by molar-refractivity contribution is -0.132. The molecule has 2 aliphatic rings. The van der Waals surface area contributed by atoms with Crippen LogP contribution in [-0.2, 0) is 23.9 Å². The number of benzene rings is 1. The fourth-order valence-electron chi connectivity index (χ4n) is 5.89. The van der Waals surface area contributed by atoms with Gasteiger partial charge in [-0.1, -0.05) is 30.3 Å². The molecule has 2 saturated carbocycles. The molecule has 0 atom stereocenters. The first kappa shape index (κ1) is 29.7. The Morgan fingerprint density at radius 3 is 2.02 bits per heavy atom. The molecule has 0 aliphatic heterocycles. The Balaban J connectivity index is 1.83. The van der Waals surface area contributed by atoms with Crippen LogP contribution in [0, 0.1) is 11.8 Å². The van der Waals surface area contributed by atoms with E-state index in [0.29, 0.717) is 22.5 Å². The zero-order chi connectivity index (χ0) is 30.8. The van der Waals surface area contributed by atoms with Gasteiger partial charge in [0.15, 0.2) is 0 Å². The Kier molecular flexibility index (Phi) is 8.43. The van der Waals surface area contributed by atoms with Crippen LogP contribution in [0.1, 0.15) is 64.1 Å². The van der Waals surface area contributed by atoms with E-state index in [1.807, 2.05) is 19.9 Å². The molecule has 2 fully saturated rings. The quantitative estimate of drug-likeness (QED) is 0.382. The van der Waals surface area contributed by atoms with Crippen LogP contribution in [0.15, 0.2) is 53.3 Å². The Labute approximate surface area is 247 Å². The normalized spacial score (nSPS) is 16.1. The lowest BCUT2D eigenvalue weighted by atomic mass is 9.74. The number of ether oxygens (including phenoxy) is 1. The summed E-state index contributed by atoms with van der Waals surface area (Å²) in [4.78, 5) is 82.9. The molecule has 1 aromatic carbocycles. The van der Waals surface area contributed by atoms with Crippen LogP contribution in [-0.4, -0.2) is 50.6 Å². The Bertz CT molecular complexity index is 1610. The molecule has 2 aromatic heterocycles. The summed E-state index contributed by atoms with van der Waals surface area (Å²) in [5.41, 5.74) is 1.65. The molecule has 1 N–H and O–H groups in total. The van der Waals surface area contributed by atoms with Crippen molar-refractivity contribution >= 4 is 34.9 Å². The van der Waals surface area contributed by atoms with Gasteiger partial charge in [-0.15, -0.1) is 0 Å². The molecule has 0 radical (unpaired) electrons. The number of aromatic nitrogens is 3. The number of Topliss-reactive ketones (excluding diaryl/α,β-unsaturated/α-hetero) is 4. The van der Waals surface area contributed by atoms with Crippen LogP contribution >= 0.6 is 0 Å². The third-order valence-electron chi connectivity index (χ3n) is 7.86. The van der Waals surface area contributed by atoms with Gasteiger partial charge in [0.2, 0.25) is 0 Å². The van der Waals surface area contributed by atoms with E-state index in [-0.39, 0.29) is 78.4 Å². The SMILES string of the molecule is CCOC(=O)Nc1cc(-c2ccc(=O)n(C(C)C)n2)c(-c2ccccc2)nc1C(C1C(=O)CCC1=O)C1C(=O)CCC1=O. The molecule has 2 heterocycles. The van der Waals surface area contributed by atoms with Gasteiger partial charge >= 0.3 is 6.09 Å². The lowest BCUT2D eigenvalue weighted by Gasteiger charge is -2.28. The van der Waals surface area contributed by atoms with Gasteiger partial charge in [0.1, 0.15) is 23.1 Å². The number of carbonyl (C=O) groups excluding carboxylic acids is 5. The molecule has 1 amide bonds. The van der Waals surface area contributed by atoms with Crippen molar-refractivity contribution in [1.82, 2.24) is 14.8 Å². The number of anilines is 1. The number of pyridine rings is 1. The predicted molar refractivity (Wildman–Crippen MR) is 156 cm³/mol. The number of hydrogen-bond acceptors (Lipinski definition) is 9. The Morgan fingerprint density at radius 1 is 0.907 bits per heavy atom. The van der Waals surface area contributed by atoms with E-state index in [9.17, 15) is 28.8 Å². The topological polar surface area (TPSA) is 154 Å². The van der Waals surface area contributed by atoms with Gasteiger partial charge in [0, 0.05) is 48.8 Å². The molecule has 3 aromatic rings. The first-order valence-electron chi connectivity index (χ1n) is 14.4. The number of amides is 1. The number of carbonyl (C=O) groups is 5. The van der Waals surface area contributed by atoms with Gasteiger partial charge in [0.25, 0.3) is 5.56 Å². The molecule has 222 valence electrons. The predicted octanol–water partition coefficient (Wildman–Crippen LogP) is 4.30. The fourth-order valence-corrected chi connectivity index (χ4v) is 5.89. The van der Waals surface area contributed by atoms with E-state index >= 15 is 0 Å². The minimum atomic E-state index is -1.26. The van der Waals surface area contributed by atoms with E-state index in [4.69, 9.17) is 9.72 Å². The van der Waals surface area contributed by atoms with Crippen molar-refractivity contribution < 1.29 is 28.7 Å². The Morgan fingerprint density at radius 2 is 1.49 bits per heavy atom. The number of hydrogen-bond donors (Lipinski definition) is 1. The van der Waals surface area contributed by atoms with Crippen LogP contribution in [0.3, 0.4) is 0 Å². The van der Waals surface area contributed by atoms with Crippen LogP contribution in [0.4, 0.5) is 10.5 Å². The van der Waals surface area contributed by atoms with Gasteiger partial charge < -0.3 is 4.74 Å². The number of nitrogens with one attached hydrogen (secondary N) is 1. The summed E-state index contributed by atoms with van der Waals surface area (Å²) in [5, 5.41) is 7.24. The highest BCUT2D eigenvalue weighted by atomic mass is 16.5. The highest BCUT2D eigenvalue weighted by Crippen LogP contribution is 2.46. The van der Waals surface area contributed by atoms with E-state index in [1.54, 1.807) is 43.3 Å². The first-order chi connectivity index (χ1) is 20.6. The van der Waals surface area contributed by atoms with Crippen molar-refractivity contribution in [1.29, 1.82) is 0 Å². The largest absolute Gasteiger partial charge is 0.450 e. The average Bonchev–Trinajstić information content (AvgIpc) is 3.49. The van der Waals surface area contributed by atoms with E-state index < -0.39 is 23.8 Å². The molecule has 11 heteroatoms. The highest BCUT2D eigenvalue weighted by Gasteiger charge is 2.51. The summed E-state index contributed by atoms with van der Waals surface area (Å²) >= 11 is 0. The molecule has 11 nitrogen and oxygen atoms in total. The molecule has 43 heavy (non-hydrogen) atoms. The second kappa shape index (κ2) is 12.2. The third kappa shape index (κ3) is 5.79. The Hall–Kier alpha value is -4.80. The molecular weight excluding hydrogens is 552 g/mol. The second-order valence-corrected chi connectivity index (χ2v) is 11.0. The van der Waals surface area contributed by atoms with Crippen molar-refractivity contribution in [2.24, 2.45) is 11.8 Å². The van der Waals surface area contributed by atoms with Crippen molar-refractivity contribution in [2.75, 3.05) is 11.9 Å². The third-order valence-corrected chi connectivity index (χ3v) is 7.86. The summed E-state index contributed by atoms with van der Waals surface area (Å²) in [6, 6.07) is 13.3. The van der Waals surface area contributed by atoms with Crippen LogP contribution in [0.5, 0.6) is 0 Å². The maximum atomic E-state index is 13.2. The molecule has 0 saturated heterocycles. The summed E-state index contributed by atoms with van der Waals surface area (Å²) in [6.07, 6.45) is -0.823. The molecular formula is C32H32N4O7. The monoisotopic (exact) mass is 584 g/mol. The van der Waals surface area contributed by atoms with Gasteiger partial charge in [-0.05, 0) is 32.9 Å². The maximum absolute atomic E-state index is 13.2. The lowest BCUT2D eigenvalue weighted by Crippen LogP contribution is -2.35. The summed E-state index contributed by atoms with van der Waals surface area (Å²) < 4.78 is 6.46. The highest BCUT2D eigenvalue weighted by molar-refractivity contribution is 6.14. The van der Waals surface area contributed by atoms with Crippen LogP contribution in [0.25, 0.3) is 22.5 Å². The molecule has 0 bridgehead atoms. The zero-order valence-electron chi connectivity index (χ0n) is 24.2. The van der Waals surface area contributed by atoms with E-state index in [0.717, 1.165) is 0 Å². The van der Waals surface area contributed by atoms with E-state index in [2.05, 4.69) is 10.4 Å². The molecule has 2 aliphatic carbocycles. The minimum absolute atomic E-state index is 0.0000311. The summed E-state index contributed by atoms with van der Waals surface area (Å²) in [7, 11) is 0. The van der Waals surface area contributed by atoms with Crippen molar-refractivity contribution in [2.45, 2.75) is 58.4 Å². The van der Waals surface area contributed by atoms with Gasteiger partial charge in [-0.2, -0.15) is 5.10 Å². The first-order valence-corrected chi connectivity index (χ1v) is 14.4.